The second-order valence-corrected chi connectivity index (χ2v) is 10.2. The van der Waals surface area contributed by atoms with Crippen molar-refractivity contribution >= 4 is 21.7 Å². The molecular weight excluding hydrogens is 366 g/mol. The summed E-state index contributed by atoms with van der Waals surface area (Å²) >= 11 is 0. The Balaban J connectivity index is 1.66. The second kappa shape index (κ2) is 7.62. The van der Waals surface area contributed by atoms with Crippen LogP contribution in [0.1, 0.15) is 54.4 Å². The van der Waals surface area contributed by atoms with Crippen molar-refractivity contribution in [3.05, 3.63) is 35.4 Å². The topological polar surface area (TPSA) is 91.8 Å². The van der Waals surface area contributed by atoms with E-state index in [0.717, 1.165) is 31.2 Å². The lowest BCUT2D eigenvalue weighted by Crippen LogP contribution is -2.54. The number of hydrogen-bond acceptors (Lipinski definition) is 4. The lowest BCUT2D eigenvalue weighted by molar-refractivity contribution is -0.135. The van der Waals surface area contributed by atoms with Crippen LogP contribution >= 0.6 is 0 Å². The molecule has 27 heavy (non-hydrogen) atoms. The Kier molecular flexibility index (Phi) is 5.60. The standard InChI is InChI=1S/C20H27NO5S/c1-27(25,26)20(10-4-5-11-20)19(24)21-12-8-15(9-13-21)14-16-6-2-3-7-17(16)18(22)23/h2-3,6-7,15H,4-5,8-14H2,1H3,(H,22,23). The molecule has 0 spiro atoms. The molecule has 1 saturated carbocycles. The summed E-state index contributed by atoms with van der Waals surface area (Å²) in [5, 5.41) is 9.33. The number of carboxylic acids is 1. The van der Waals surface area contributed by atoms with Gasteiger partial charge < -0.3 is 10.0 Å². The molecule has 0 unspecified atom stereocenters. The number of hydrogen-bond donors (Lipinski definition) is 1. The first-order chi connectivity index (χ1) is 12.7. The molecule has 1 saturated heterocycles. The summed E-state index contributed by atoms with van der Waals surface area (Å²) < 4.78 is 23.5. The van der Waals surface area contributed by atoms with Crippen LogP contribution < -0.4 is 0 Å². The number of rotatable bonds is 5. The fourth-order valence-corrected chi connectivity index (χ4v) is 6.01. The normalized spacial score (nSPS) is 20.6. The van der Waals surface area contributed by atoms with Crippen LogP contribution in [0, 0.1) is 5.92 Å². The fourth-order valence-electron chi connectivity index (χ4n) is 4.54. The van der Waals surface area contributed by atoms with Crippen molar-refractivity contribution in [1.29, 1.82) is 0 Å². The zero-order valence-corrected chi connectivity index (χ0v) is 16.5. The first kappa shape index (κ1) is 19.9. The first-order valence-electron chi connectivity index (χ1n) is 9.55. The van der Waals surface area contributed by atoms with E-state index in [2.05, 4.69) is 0 Å². The minimum Gasteiger partial charge on any atom is -0.478 e. The molecule has 1 aromatic rings. The number of piperidine rings is 1. The molecule has 7 heteroatoms. The van der Waals surface area contributed by atoms with E-state index < -0.39 is 20.6 Å². The van der Waals surface area contributed by atoms with Crippen molar-refractivity contribution in [2.45, 2.75) is 49.7 Å². The Morgan fingerprint density at radius 1 is 1.15 bits per heavy atom. The molecule has 2 fully saturated rings. The van der Waals surface area contributed by atoms with Crippen LogP contribution in [0.25, 0.3) is 0 Å². The van der Waals surface area contributed by atoms with Crippen molar-refractivity contribution in [1.82, 2.24) is 4.90 Å². The Morgan fingerprint density at radius 3 is 2.30 bits per heavy atom. The monoisotopic (exact) mass is 393 g/mol. The third-order valence-corrected chi connectivity index (χ3v) is 8.17. The molecule has 0 bridgehead atoms. The summed E-state index contributed by atoms with van der Waals surface area (Å²) in [5.41, 5.74) is 1.15. The van der Waals surface area contributed by atoms with E-state index in [-0.39, 0.29) is 5.91 Å². The molecule has 2 aliphatic rings. The van der Waals surface area contributed by atoms with E-state index in [9.17, 15) is 23.1 Å². The molecule has 3 rings (SSSR count). The van der Waals surface area contributed by atoms with Gasteiger partial charge in [0.15, 0.2) is 14.6 Å². The summed E-state index contributed by atoms with van der Waals surface area (Å²) in [6.45, 7) is 1.08. The van der Waals surface area contributed by atoms with Crippen LogP contribution in [0.15, 0.2) is 24.3 Å². The van der Waals surface area contributed by atoms with Gasteiger partial charge in [0.25, 0.3) is 0 Å². The van der Waals surface area contributed by atoms with Crippen molar-refractivity contribution in [2.24, 2.45) is 5.92 Å². The minimum absolute atomic E-state index is 0.230. The van der Waals surface area contributed by atoms with Gasteiger partial charge in [-0.25, -0.2) is 13.2 Å². The van der Waals surface area contributed by atoms with Gasteiger partial charge in [0.1, 0.15) is 0 Å². The maximum absolute atomic E-state index is 13.0. The molecule has 0 atom stereocenters. The number of sulfone groups is 1. The highest BCUT2D eigenvalue weighted by Crippen LogP contribution is 2.39. The third kappa shape index (κ3) is 3.88. The molecule has 0 radical (unpaired) electrons. The lowest BCUT2D eigenvalue weighted by atomic mass is 9.88. The van der Waals surface area contributed by atoms with Crippen molar-refractivity contribution < 1.29 is 23.1 Å². The van der Waals surface area contributed by atoms with Gasteiger partial charge >= 0.3 is 5.97 Å². The molecule has 148 valence electrons. The van der Waals surface area contributed by atoms with E-state index in [1.165, 1.54) is 6.26 Å². The second-order valence-electron chi connectivity index (χ2n) is 7.88. The maximum Gasteiger partial charge on any atom is 0.335 e. The van der Waals surface area contributed by atoms with E-state index in [4.69, 9.17) is 0 Å². The van der Waals surface area contributed by atoms with Crippen LogP contribution in [-0.2, 0) is 21.1 Å². The molecular formula is C20H27NO5S. The number of amides is 1. The largest absolute Gasteiger partial charge is 0.478 e. The number of likely N-dealkylation sites (tertiary alicyclic amines) is 1. The Bertz CT molecular complexity index is 819. The van der Waals surface area contributed by atoms with Gasteiger partial charge in [-0.1, -0.05) is 31.0 Å². The minimum atomic E-state index is -3.45. The summed E-state index contributed by atoms with van der Waals surface area (Å²) in [6, 6.07) is 7.03. The van der Waals surface area contributed by atoms with Gasteiger partial charge in [-0.2, -0.15) is 0 Å². The molecule has 1 heterocycles. The number of nitrogens with zero attached hydrogens (tertiary/aromatic N) is 1. The van der Waals surface area contributed by atoms with Gasteiger partial charge in [0.2, 0.25) is 5.91 Å². The number of carboxylic acid groups (broad SMARTS) is 1. The van der Waals surface area contributed by atoms with Gasteiger partial charge in [0, 0.05) is 19.3 Å². The van der Waals surface area contributed by atoms with E-state index in [1.54, 1.807) is 17.0 Å². The van der Waals surface area contributed by atoms with Crippen molar-refractivity contribution in [2.75, 3.05) is 19.3 Å². The number of carbonyl (C=O) groups is 2. The third-order valence-electron chi connectivity index (χ3n) is 6.17. The smallest absolute Gasteiger partial charge is 0.335 e. The highest BCUT2D eigenvalue weighted by Gasteiger charge is 2.51. The van der Waals surface area contributed by atoms with Crippen LogP contribution in [0.5, 0.6) is 0 Å². The number of aromatic carboxylic acids is 1. The fraction of sp³-hybridized carbons (Fsp3) is 0.600. The average molecular weight is 394 g/mol. The highest BCUT2D eigenvalue weighted by molar-refractivity contribution is 7.92. The van der Waals surface area contributed by atoms with Gasteiger partial charge in [-0.3, -0.25) is 4.79 Å². The highest BCUT2D eigenvalue weighted by atomic mass is 32.2. The summed E-state index contributed by atoms with van der Waals surface area (Å²) in [4.78, 5) is 26.1. The molecule has 1 aromatic carbocycles. The van der Waals surface area contributed by atoms with Crippen LogP contribution in [-0.4, -0.2) is 54.4 Å². The zero-order valence-electron chi connectivity index (χ0n) is 15.7. The molecule has 6 nitrogen and oxygen atoms in total. The van der Waals surface area contributed by atoms with Gasteiger partial charge in [0.05, 0.1) is 5.56 Å². The number of benzene rings is 1. The van der Waals surface area contributed by atoms with Gasteiger partial charge in [-0.05, 0) is 49.7 Å². The summed E-state index contributed by atoms with van der Waals surface area (Å²) in [6.07, 6.45) is 5.79. The van der Waals surface area contributed by atoms with Crippen molar-refractivity contribution in [3.63, 3.8) is 0 Å². The van der Waals surface area contributed by atoms with Gasteiger partial charge in [-0.15, -0.1) is 0 Å². The van der Waals surface area contributed by atoms with E-state index in [0.29, 0.717) is 43.8 Å². The summed E-state index contributed by atoms with van der Waals surface area (Å²) in [5.74, 6) is -0.853. The quantitative estimate of drug-likeness (QED) is 0.830. The first-order valence-corrected chi connectivity index (χ1v) is 11.4. The SMILES string of the molecule is CS(=O)(=O)C1(C(=O)N2CCC(Cc3ccccc3C(=O)O)CC2)CCCC1. The molecule has 1 amide bonds. The Labute approximate surface area is 160 Å². The van der Waals surface area contributed by atoms with Crippen LogP contribution in [0.2, 0.25) is 0 Å². The summed E-state index contributed by atoms with van der Waals surface area (Å²) in [7, 11) is -3.45. The number of carbonyl (C=O) groups excluding carboxylic acids is 1. The predicted molar refractivity (Wildman–Crippen MR) is 102 cm³/mol. The van der Waals surface area contributed by atoms with Crippen molar-refractivity contribution in [3.8, 4) is 0 Å². The van der Waals surface area contributed by atoms with E-state index >= 15 is 0 Å². The van der Waals surface area contributed by atoms with E-state index in [1.807, 2.05) is 12.1 Å². The molecule has 1 aliphatic heterocycles. The maximum atomic E-state index is 13.0. The zero-order chi connectivity index (χ0) is 19.7. The lowest BCUT2D eigenvalue weighted by Gasteiger charge is -2.37. The average Bonchev–Trinajstić information content (AvgIpc) is 3.13. The van der Waals surface area contributed by atoms with Crippen LogP contribution in [0.4, 0.5) is 0 Å². The molecule has 1 N–H and O–H groups in total. The molecule has 0 aromatic heterocycles. The Morgan fingerprint density at radius 2 is 1.74 bits per heavy atom. The molecule has 1 aliphatic carbocycles. The predicted octanol–water partition coefficient (Wildman–Crippen LogP) is 2.52. The Hall–Kier alpha value is -1.89. The van der Waals surface area contributed by atoms with Crippen LogP contribution in [0.3, 0.4) is 0 Å².